The van der Waals surface area contributed by atoms with Crippen molar-refractivity contribution in [3.63, 3.8) is 0 Å². The van der Waals surface area contributed by atoms with Crippen LogP contribution in [-0.2, 0) is 0 Å². The van der Waals surface area contributed by atoms with Crippen LogP contribution in [0.5, 0.6) is 0 Å². The molecule has 1 aliphatic carbocycles. The Morgan fingerprint density at radius 2 is 2.10 bits per heavy atom. The number of nitrogens with one attached hydrogen (secondary N) is 2. The summed E-state index contributed by atoms with van der Waals surface area (Å²) in [6.07, 6.45) is 6.09. The Hall–Kier alpha value is -2.50. The molecule has 0 saturated carbocycles. The molecule has 0 spiro atoms. The Morgan fingerprint density at radius 3 is 2.71 bits per heavy atom. The molecule has 5 nitrogen and oxygen atoms in total. The van der Waals surface area contributed by atoms with Crippen LogP contribution in [-0.4, -0.2) is 22.7 Å². The lowest BCUT2D eigenvalue weighted by Gasteiger charge is -2.19. The van der Waals surface area contributed by atoms with Crippen LogP contribution in [0, 0.1) is 17.1 Å². The van der Waals surface area contributed by atoms with Crippen LogP contribution in [0.3, 0.4) is 0 Å². The number of halogens is 1. The van der Waals surface area contributed by atoms with Crippen LogP contribution in [0.15, 0.2) is 35.7 Å². The molecular formula is C15H18FN5. The molecular weight excluding hydrogens is 269 g/mol. The van der Waals surface area contributed by atoms with Crippen LogP contribution in [0.2, 0.25) is 0 Å². The van der Waals surface area contributed by atoms with Gasteiger partial charge < -0.3 is 16.5 Å². The molecule has 21 heavy (non-hydrogen) atoms. The minimum Gasteiger partial charge on any atom is -0.391 e. The van der Waals surface area contributed by atoms with E-state index >= 15 is 0 Å². The van der Waals surface area contributed by atoms with Gasteiger partial charge in [-0.1, -0.05) is 19.9 Å². The first-order valence-electron chi connectivity index (χ1n) is 6.63. The Labute approximate surface area is 123 Å². The number of rotatable bonds is 3. The molecule has 0 aromatic carbocycles. The van der Waals surface area contributed by atoms with E-state index in [2.05, 4.69) is 15.3 Å². The molecule has 110 valence electrons. The van der Waals surface area contributed by atoms with Gasteiger partial charge in [0.1, 0.15) is 5.69 Å². The number of allylic oxidation sites excluding steroid dienone is 6. The maximum Gasteiger partial charge on any atom is 0.220 e. The van der Waals surface area contributed by atoms with Crippen molar-refractivity contribution < 1.29 is 4.39 Å². The van der Waals surface area contributed by atoms with Gasteiger partial charge in [-0.3, -0.25) is 0 Å². The average Bonchev–Trinajstić information content (AvgIpc) is 2.44. The quantitative estimate of drug-likeness (QED) is 0.796. The molecule has 0 radical (unpaired) electrons. The fourth-order valence-electron chi connectivity index (χ4n) is 2.23. The van der Waals surface area contributed by atoms with Gasteiger partial charge >= 0.3 is 0 Å². The number of nitrogen functional groups attached to an aromatic ring is 1. The van der Waals surface area contributed by atoms with Crippen molar-refractivity contribution in [1.29, 1.82) is 5.41 Å². The van der Waals surface area contributed by atoms with Gasteiger partial charge in [0.05, 0.1) is 11.9 Å². The van der Waals surface area contributed by atoms with Crippen molar-refractivity contribution in [3.05, 3.63) is 47.2 Å². The summed E-state index contributed by atoms with van der Waals surface area (Å²) in [5, 5.41) is 11.1. The second kappa shape index (κ2) is 5.87. The van der Waals surface area contributed by atoms with Gasteiger partial charge in [-0.25, -0.2) is 14.4 Å². The number of anilines is 1. The lowest BCUT2D eigenvalue weighted by molar-refractivity contribution is 0.610. The predicted molar refractivity (Wildman–Crippen MR) is 82.2 cm³/mol. The summed E-state index contributed by atoms with van der Waals surface area (Å²) >= 11 is 0. The van der Waals surface area contributed by atoms with E-state index in [0.29, 0.717) is 11.3 Å². The zero-order chi connectivity index (χ0) is 15.6. The highest BCUT2D eigenvalue weighted by atomic mass is 19.1. The molecule has 0 unspecified atom stereocenters. The predicted octanol–water partition coefficient (Wildman–Crippen LogP) is 2.30. The molecule has 0 aliphatic heterocycles. The number of aromatic nitrogens is 2. The minimum atomic E-state index is -0.538. The standard InChI is InChI=1S/C15H18FN5/c1-8(2)13(19-3)10-6-9(4-5-12(10)17)14-11(16)7-20-15(18)21-14/h4-8,17,19H,1-3H3,(H2,18,20,21)/b13-10-,17-12?. The molecule has 2 rings (SSSR count). The van der Waals surface area contributed by atoms with E-state index in [4.69, 9.17) is 11.1 Å². The lowest BCUT2D eigenvalue weighted by Crippen LogP contribution is -2.18. The Balaban J connectivity index is 2.58. The van der Waals surface area contributed by atoms with E-state index in [1.54, 1.807) is 18.2 Å². The molecule has 0 fully saturated rings. The van der Waals surface area contributed by atoms with E-state index in [-0.39, 0.29) is 17.6 Å². The van der Waals surface area contributed by atoms with Gasteiger partial charge in [-0.15, -0.1) is 0 Å². The molecule has 1 aromatic rings. The normalized spacial score (nSPS) is 17.0. The van der Waals surface area contributed by atoms with Gasteiger partial charge in [0.2, 0.25) is 5.95 Å². The van der Waals surface area contributed by atoms with Crippen LogP contribution in [0.4, 0.5) is 10.3 Å². The number of nitrogens with two attached hydrogens (primary N) is 1. The third-order valence-electron chi connectivity index (χ3n) is 3.19. The number of hydrogen-bond acceptors (Lipinski definition) is 5. The summed E-state index contributed by atoms with van der Waals surface area (Å²) in [5.74, 6) is -0.303. The summed E-state index contributed by atoms with van der Waals surface area (Å²) in [4.78, 5) is 7.57. The van der Waals surface area contributed by atoms with E-state index in [0.717, 1.165) is 17.5 Å². The molecule has 0 saturated heterocycles. The average molecular weight is 287 g/mol. The van der Waals surface area contributed by atoms with Crippen LogP contribution < -0.4 is 11.1 Å². The van der Waals surface area contributed by atoms with Gasteiger partial charge in [-0.05, 0) is 18.1 Å². The Kier molecular flexibility index (Phi) is 4.16. The van der Waals surface area contributed by atoms with E-state index < -0.39 is 5.82 Å². The maximum atomic E-state index is 13.9. The summed E-state index contributed by atoms with van der Waals surface area (Å²) in [7, 11) is 1.81. The van der Waals surface area contributed by atoms with Crippen LogP contribution >= 0.6 is 0 Å². The van der Waals surface area contributed by atoms with Crippen molar-refractivity contribution in [2.24, 2.45) is 5.92 Å². The topological polar surface area (TPSA) is 87.7 Å². The summed E-state index contributed by atoms with van der Waals surface area (Å²) in [6, 6.07) is 0. The fourth-order valence-corrected chi connectivity index (χ4v) is 2.23. The van der Waals surface area contributed by atoms with Crippen LogP contribution in [0.25, 0.3) is 5.57 Å². The first kappa shape index (κ1) is 14.9. The number of nitrogens with zero attached hydrogens (tertiary/aromatic N) is 2. The lowest BCUT2D eigenvalue weighted by atomic mass is 9.93. The summed E-state index contributed by atoms with van der Waals surface area (Å²) in [6.45, 7) is 4.06. The minimum absolute atomic E-state index is 0.0181. The maximum absolute atomic E-state index is 13.9. The van der Waals surface area contributed by atoms with Crippen LogP contribution in [0.1, 0.15) is 19.5 Å². The molecule has 1 heterocycles. The van der Waals surface area contributed by atoms with Crippen molar-refractivity contribution in [1.82, 2.24) is 15.3 Å². The highest BCUT2D eigenvalue weighted by Gasteiger charge is 2.18. The molecule has 0 amide bonds. The first-order valence-corrected chi connectivity index (χ1v) is 6.63. The van der Waals surface area contributed by atoms with Crippen molar-refractivity contribution in [3.8, 4) is 0 Å². The molecule has 1 aromatic heterocycles. The zero-order valence-electron chi connectivity index (χ0n) is 12.2. The van der Waals surface area contributed by atoms with E-state index in [1.807, 2.05) is 20.9 Å². The molecule has 4 N–H and O–H groups in total. The fraction of sp³-hybridized carbons (Fsp3) is 0.267. The van der Waals surface area contributed by atoms with E-state index in [1.165, 1.54) is 0 Å². The number of hydrogen-bond donors (Lipinski definition) is 3. The highest BCUT2D eigenvalue weighted by molar-refractivity contribution is 6.13. The van der Waals surface area contributed by atoms with Crippen molar-refractivity contribution in [2.75, 3.05) is 12.8 Å². The van der Waals surface area contributed by atoms with Gasteiger partial charge in [0, 0.05) is 23.9 Å². The SMILES string of the molecule is CN/C(=C1/C=C(c2nc(N)ncc2F)C=CC1=N)C(C)C. The molecule has 1 aliphatic rings. The van der Waals surface area contributed by atoms with Gasteiger partial charge in [0.15, 0.2) is 5.82 Å². The third kappa shape index (κ3) is 2.99. The first-order chi connectivity index (χ1) is 9.93. The monoisotopic (exact) mass is 287 g/mol. The van der Waals surface area contributed by atoms with E-state index in [9.17, 15) is 4.39 Å². The molecule has 0 bridgehead atoms. The molecule has 0 atom stereocenters. The zero-order valence-corrected chi connectivity index (χ0v) is 12.2. The highest BCUT2D eigenvalue weighted by Crippen LogP contribution is 2.26. The Bertz CT molecular complexity index is 671. The van der Waals surface area contributed by atoms with Crippen molar-refractivity contribution >= 4 is 17.2 Å². The summed E-state index contributed by atoms with van der Waals surface area (Å²) < 4.78 is 13.9. The smallest absolute Gasteiger partial charge is 0.220 e. The summed E-state index contributed by atoms with van der Waals surface area (Å²) in [5.41, 5.74) is 8.25. The third-order valence-corrected chi connectivity index (χ3v) is 3.19. The molecule has 6 heteroatoms. The Morgan fingerprint density at radius 1 is 1.38 bits per heavy atom. The largest absolute Gasteiger partial charge is 0.391 e. The van der Waals surface area contributed by atoms with Crippen molar-refractivity contribution in [2.45, 2.75) is 13.8 Å². The second-order valence-corrected chi connectivity index (χ2v) is 5.00. The van der Waals surface area contributed by atoms with Gasteiger partial charge in [0.25, 0.3) is 0 Å². The second-order valence-electron chi connectivity index (χ2n) is 5.00. The van der Waals surface area contributed by atoms with Gasteiger partial charge in [-0.2, -0.15) is 0 Å².